The molecule has 228 valence electrons. The Hall–Kier alpha value is -4.60. The molecule has 0 saturated carbocycles. The van der Waals surface area contributed by atoms with Gasteiger partial charge in [-0.2, -0.15) is 8.78 Å². The summed E-state index contributed by atoms with van der Waals surface area (Å²) in [6.07, 6.45) is 3.69. The van der Waals surface area contributed by atoms with Crippen molar-refractivity contribution in [2.75, 3.05) is 0 Å². The van der Waals surface area contributed by atoms with E-state index in [1.165, 1.54) is 30.3 Å². The van der Waals surface area contributed by atoms with Gasteiger partial charge in [0.15, 0.2) is 17.5 Å². The van der Waals surface area contributed by atoms with Crippen LogP contribution < -0.4 is 10.1 Å². The van der Waals surface area contributed by atoms with Crippen molar-refractivity contribution in [3.63, 3.8) is 0 Å². The lowest BCUT2D eigenvalue weighted by Crippen LogP contribution is -2.22. The van der Waals surface area contributed by atoms with Gasteiger partial charge in [-0.15, -0.1) is 0 Å². The number of hydrogen-bond acceptors (Lipinski definition) is 3. The monoisotopic (exact) mass is 612 g/mol. The molecule has 3 nitrogen and oxygen atoms in total. The van der Waals surface area contributed by atoms with Crippen molar-refractivity contribution in [3.8, 4) is 28.0 Å². The van der Waals surface area contributed by atoms with Crippen LogP contribution in [0.5, 0.6) is 5.75 Å². The summed E-state index contributed by atoms with van der Waals surface area (Å²) >= 11 is 0. The summed E-state index contributed by atoms with van der Waals surface area (Å²) in [6, 6.07) is 13.1. The molecule has 4 aromatic carbocycles. The molecule has 1 atom stereocenters. The molecule has 1 aliphatic rings. The normalized spacial score (nSPS) is 14.7. The summed E-state index contributed by atoms with van der Waals surface area (Å²) in [5.41, 5.74) is 0.701. The van der Waals surface area contributed by atoms with Crippen molar-refractivity contribution in [1.29, 1.82) is 0 Å². The molecule has 44 heavy (non-hydrogen) atoms. The predicted molar refractivity (Wildman–Crippen MR) is 155 cm³/mol. The molecular formula is C34H27F7N2O. The summed E-state index contributed by atoms with van der Waals surface area (Å²) in [6.45, 7) is 2.13. The number of unbranched alkanes of at least 4 members (excludes halogenated alkanes) is 2. The number of ether oxygens (including phenoxy) is 1. The fraction of sp³-hybridized carbons (Fsp3) is 0.206. The van der Waals surface area contributed by atoms with E-state index >= 15 is 0 Å². The second-order valence-corrected chi connectivity index (χ2v) is 10.4. The second kappa shape index (κ2) is 13.0. The number of halogens is 7. The molecule has 1 unspecified atom stereocenters. The van der Waals surface area contributed by atoms with E-state index < -0.39 is 52.7 Å². The number of aliphatic imine (C=N–C) groups is 1. The van der Waals surface area contributed by atoms with Crippen molar-refractivity contribution in [3.05, 3.63) is 125 Å². The number of nitrogens with one attached hydrogen (secondary N) is 1. The lowest BCUT2D eigenvalue weighted by atomic mass is 9.99. The lowest BCUT2D eigenvalue weighted by Gasteiger charge is -2.21. The average molecular weight is 613 g/mol. The van der Waals surface area contributed by atoms with Crippen LogP contribution >= 0.6 is 0 Å². The van der Waals surface area contributed by atoms with Crippen LogP contribution in [0.25, 0.3) is 22.3 Å². The van der Waals surface area contributed by atoms with Crippen LogP contribution in [-0.2, 0) is 6.11 Å². The van der Waals surface area contributed by atoms with Gasteiger partial charge in [-0.3, -0.25) is 4.99 Å². The van der Waals surface area contributed by atoms with Crippen LogP contribution in [0.3, 0.4) is 0 Å². The van der Waals surface area contributed by atoms with E-state index in [4.69, 9.17) is 4.74 Å². The topological polar surface area (TPSA) is 33.6 Å². The lowest BCUT2D eigenvalue weighted by molar-refractivity contribution is -0.185. The zero-order chi connectivity index (χ0) is 31.4. The molecule has 1 aliphatic heterocycles. The van der Waals surface area contributed by atoms with Crippen molar-refractivity contribution in [2.45, 2.75) is 44.9 Å². The summed E-state index contributed by atoms with van der Waals surface area (Å²) in [5, 5.41) is 3.17. The fourth-order valence-electron chi connectivity index (χ4n) is 4.82. The maximum atomic E-state index is 15.0. The Bertz CT molecular complexity index is 1690. The molecule has 0 radical (unpaired) electrons. The molecule has 4 aromatic rings. The van der Waals surface area contributed by atoms with Crippen LogP contribution in [0.2, 0.25) is 0 Å². The third-order valence-electron chi connectivity index (χ3n) is 7.21. The molecule has 0 fully saturated rings. The molecule has 0 aromatic heterocycles. The highest BCUT2D eigenvalue weighted by Crippen LogP contribution is 2.36. The van der Waals surface area contributed by atoms with Gasteiger partial charge in [0.2, 0.25) is 0 Å². The van der Waals surface area contributed by atoms with Crippen molar-refractivity contribution < 1.29 is 35.5 Å². The molecule has 10 heteroatoms. The Morgan fingerprint density at radius 1 is 0.750 bits per heavy atom. The highest BCUT2D eigenvalue weighted by molar-refractivity contribution is 5.79. The first-order valence-corrected chi connectivity index (χ1v) is 14.0. The quantitative estimate of drug-likeness (QED) is 0.110. The van der Waals surface area contributed by atoms with Crippen molar-refractivity contribution >= 4 is 6.21 Å². The second-order valence-electron chi connectivity index (χ2n) is 10.4. The van der Waals surface area contributed by atoms with E-state index in [0.717, 1.165) is 61.6 Å². The van der Waals surface area contributed by atoms with Crippen LogP contribution in [0.15, 0.2) is 89.6 Å². The van der Waals surface area contributed by atoms with Gasteiger partial charge in [0.1, 0.15) is 23.5 Å². The van der Waals surface area contributed by atoms with Crippen LogP contribution in [0.4, 0.5) is 30.7 Å². The molecule has 0 spiro atoms. The first-order chi connectivity index (χ1) is 21.1. The number of benzene rings is 4. The van der Waals surface area contributed by atoms with E-state index in [1.54, 1.807) is 6.21 Å². The largest absolute Gasteiger partial charge is 0.429 e. The van der Waals surface area contributed by atoms with Gasteiger partial charge in [-0.05, 0) is 77.6 Å². The molecule has 1 heterocycles. The molecular weight excluding hydrogens is 585 g/mol. The number of alkyl halides is 2. The summed E-state index contributed by atoms with van der Waals surface area (Å²) in [4.78, 5) is 4.47. The summed E-state index contributed by atoms with van der Waals surface area (Å²) < 4.78 is 105. The van der Waals surface area contributed by atoms with Crippen LogP contribution in [0.1, 0.15) is 49.9 Å². The minimum Gasteiger partial charge on any atom is -0.429 e. The zero-order valence-electron chi connectivity index (χ0n) is 23.5. The maximum Gasteiger partial charge on any atom is 0.426 e. The molecule has 0 aliphatic carbocycles. The maximum absolute atomic E-state index is 15.0. The average Bonchev–Trinajstić information content (AvgIpc) is 3.00. The van der Waals surface area contributed by atoms with Crippen molar-refractivity contribution in [2.24, 2.45) is 4.99 Å². The van der Waals surface area contributed by atoms with Gasteiger partial charge in [-0.25, -0.2) is 22.0 Å². The minimum absolute atomic E-state index is 0.0302. The minimum atomic E-state index is -3.80. The summed E-state index contributed by atoms with van der Waals surface area (Å²) in [5.74, 6) is -7.06. The number of rotatable bonds is 10. The van der Waals surface area contributed by atoms with Gasteiger partial charge >= 0.3 is 6.11 Å². The van der Waals surface area contributed by atoms with Gasteiger partial charge in [0.25, 0.3) is 0 Å². The first-order valence-electron chi connectivity index (χ1n) is 14.0. The van der Waals surface area contributed by atoms with Crippen LogP contribution in [-0.4, -0.2) is 6.21 Å². The molecule has 5 rings (SSSR count). The first kappa shape index (κ1) is 30.8. The standard InChI is InChI=1S/C34H27F7N2O/c1-2-3-4-5-20-18-42-33(43-19-20)21-6-9-24(10-7-21)34(40,41)44-25-11-13-26(29(36)17-25)22-8-12-27(28(35)14-22)23-15-30(37)32(39)31(38)16-23/h6-19,33,42H,2-5H2,1H3. The van der Waals surface area contributed by atoms with Crippen LogP contribution in [0, 0.1) is 29.1 Å². The third-order valence-corrected chi connectivity index (χ3v) is 7.21. The van der Waals surface area contributed by atoms with E-state index in [1.807, 2.05) is 6.20 Å². The highest BCUT2D eigenvalue weighted by atomic mass is 19.3. The van der Waals surface area contributed by atoms with E-state index in [2.05, 4.69) is 17.2 Å². The van der Waals surface area contributed by atoms with E-state index in [-0.39, 0.29) is 22.3 Å². The van der Waals surface area contributed by atoms with Gasteiger partial charge in [0.05, 0.1) is 5.56 Å². The molecule has 0 saturated heterocycles. The molecule has 0 bridgehead atoms. The predicted octanol–water partition coefficient (Wildman–Crippen LogP) is 9.98. The Morgan fingerprint density at radius 3 is 2.00 bits per heavy atom. The zero-order valence-corrected chi connectivity index (χ0v) is 23.5. The number of hydrogen-bond donors (Lipinski definition) is 1. The number of allylic oxidation sites excluding steroid dienone is 1. The van der Waals surface area contributed by atoms with E-state index in [0.29, 0.717) is 17.7 Å². The number of nitrogens with zero attached hydrogens (tertiary/aromatic N) is 1. The summed E-state index contributed by atoms with van der Waals surface area (Å²) in [7, 11) is 0. The van der Waals surface area contributed by atoms with Crippen molar-refractivity contribution in [1.82, 2.24) is 5.32 Å². The Morgan fingerprint density at radius 2 is 1.39 bits per heavy atom. The smallest absolute Gasteiger partial charge is 0.426 e. The van der Waals surface area contributed by atoms with Gasteiger partial charge in [0, 0.05) is 29.6 Å². The highest BCUT2D eigenvalue weighted by Gasteiger charge is 2.35. The fourth-order valence-corrected chi connectivity index (χ4v) is 4.82. The van der Waals surface area contributed by atoms with E-state index in [9.17, 15) is 30.7 Å². The molecule has 1 N–H and O–H groups in total. The van der Waals surface area contributed by atoms with Gasteiger partial charge in [-0.1, -0.05) is 44.0 Å². The third kappa shape index (κ3) is 6.79. The molecule has 0 amide bonds. The Labute approximate surface area is 249 Å². The Kier molecular flexibility index (Phi) is 9.08. The SMILES string of the molecule is CCCCCC1=CNC(c2ccc(C(F)(F)Oc3ccc(-c4ccc(-c5cc(F)c(F)c(F)c5)c(F)c4)c(F)c3)cc2)N=C1. The Balaban J connectivity index is 1.26. The van der Waals surface area contributed by atoms with Gasteiger partial charge < -0.3 is 10.1 Å².